The van der Waals surface area contributed by atoms with E-state index in [2.05, 4.69) is 43.5 Å². The van der Waals surface area contributed by atoms with Crippen LogP contribution in [0.25, 0.3) is 0 Å². The summed E-state index contributed by atoms with van der Waals surface area (Å²) in [4.78, 5) is 12.2. The predicted molar refractivity (Wildman–Crippen MR) is 103 cm³/mol. The minimum absolute atomic E-state index is 0.0507. The zero-order chi connectivity index (χ0) is 18.1. The molecule has 2 aromatic carbocycles. The Hall–Kier alpha value is -2.33. The maximum atomic E-state index is 12.2. The number of carbonyl (C=O) groups is 1. The molecule has 2 rings (SSSR count). The summed E-state index contributed by atoms with van der Waals surface area (Å²) in [6.45, 7) is 7.30. The van der Waals surface area contributed by atoms with Gasteiger partial charge in [0.25, 0.3) is 0 Å². The maximum Gasteiger partial charge on any atom is 0.238 e. The highest BCUT2D eigenvalue weighted by atomic mass is 16.5. The normalized spacial score (nSPS) is 12.0. The van der Waals surface area contributed by atoms with Gasteiger partial charge in [-0.3, -0.25) is 4.79 Å². The molecule has 2 aromatic rings. The molecule has 0 radical (unpaired) electrons. The highest BCUT2D eigenvalue weighted by Gasteiger charge is 2.10. The molecule has 0 bridgehead atoms. The molecule has 0 fully saturated rings. The van der Waals surface area contributed by atoms with Gasteiger partial charge in [0.15, 0.2) is 0 Å². The Bertz CT molecular complexity index is 639. The summed E-state index contributed by atoms with van der Waals surface area (Å²) in [6.07, 6.45) is 0.930. The zero-order valence-corrected chi connectivity index (χ0v) is 15.3. The minimum Gasteiger partial charge on any atom is -0.493 e. The van der Waals surface area contributed by atoms with Gasteiger partial charge in [0.1, 0.15) is 5.75 Å². The van der Waals surface area contributed by atoms with E-state index in [-0.39, 0.29) is 18.5 Å². The SMILES string of the molecule is CCC(NCC(=O)Nc1ccc(OCC(C)C)cc1)c1ccccc1. The number of amides is 1. The van der Waals surface area contributed by atoms with Crippen molar-refractivity contribution >= 4 is 11.6 Å². The summed E-state index contributed by atoms with van der Waals surface area (Å²) in [5.41, 5.74) is 1.97. The molecule has 0 aliphatic rings. The Labute approximate surface area is 150 Å². The second kappa shape index (κ2) is 9.84. The number of benzene rings is 2. The van der Waals surface area contributed by atoms with Crippen molar-refractivity contribution in [3.8, 4) is 5.75 Å². The molecular formula is C21H28N2O2. The van der Waals surface area contributed by atoms with Crippen LogP contribution in [0.5, 0.6) is 5.75 Å². The third-order valence-electron chi connectivity index (χ3n) is 3.84. The Kier molecular flexibility index (Phi) is 7.48. The topological polar surface area (TPSA) is 50.4 Å². The van der Waals surface area contributed by atoms with Crippen LogP contribution in [0.1, 0.15) is 38.8 Å². The molecule has 0 aromatic heterocycles. The predicted octanol–water partition coefficient (Wildman–Crippen LogP) is 4.40. The van der Waals surface area contributed by atoms with Gasteiger partial charge in [-0.1, -0.05) is 51.1 Å². The van der Waals surface area contributed by atoms with Crippen LogP contribution in [0.15, 0.2) is 54.6 Å². The number of nitrogens with one attached hydrogen (secondary N) is 2. The van der Waals surface area contributed by atoms with E-state index in [0.717, 1.165) is 17.9 Å². The van der Waals surface area contributed by atoms with Gasteiger partial charge >= 0.3 is 0 Å². The van der Waals surface area contributed by atoms with Crippen LogP contribution in [0, 0.1) is 5.92 Å². The lowest BCUT2D eigenvalue weighted by molar-refractivity contribution is -0.115. The number of anilines is 1. The summed E-state index contributed by atoms with van der Waals surface area (Å²) < 4.78 is 5.64. The van der Waals surface area contributed by atoms with E-state index in [0.29, 0.717) is 12.5 Å². The third kappa shape index (κ3) is 6.59. The van der Waals surface area contributed by atoms with Gasteiger partial charge in [0, 0.05) is 11.7 Å². The van der Waals surface area contributed by atoms with E-state index >= 15 is 0 Å². The average molecular weight is 340 g/mol. The van der Waals surface area contributed by atoms with Gasteiger partial charge in [-0.2, -0.15) is 0 Å². The first-order valence-corrected chi connectivity index (χ1v) is 8.89. The molecule has 25 heavy (non-hydrogen) atoms. The lowest BCUT2D eigenvalue weighted by atomic mass is 10.0. The molecule has 1 atom stereocenters. The van der Waals surface area contributed by atoms with Crippen molar-refractivity contribution in [2.45, 2.75) is 33.2 Å². The van der Waals surface area contributed by atoms with Crippen molar-refractivity contribution in [2.75, 3.05) is 18.5 Å². The molecule has 0 spiro atoms. The summed E-state index contributed by atoms with van der Waals surface area (Å²) in [5.74, 6) is 1.26. The van der Waals surface area contributed by atoms with Crippen LogP contribution >= 0.6 is 0 Å². The zero-order valence-electron chi connectivity index (χ0n) is 15.3. The highest BCUT2D eigenvalue weighted by Crippen LogP contribution is 2.17. The first kappa shape index (κ1) is 19.0. The largest absolute Gasteiger partial charge is 0.493 e. The molecule has 0 heterocycles. The standard InChI is InChI=1S/C21H28N2O2/c1-4-20(17-8-6-5-7-9-17)22-14-21(24)23-18-10-12-19(13-11-18)25-15-16(2)3/h5-13,16,20,22H,4,14-15H2,1-3H3,(H,23,24). The fourth-order valence-electron chi connectivity index (χ4n) is 2.50. The van der Waals surface area contributed by atoms with Gasteiger partial charge < -0.3 is 15.4 Å². The van der Waals surface area contributed by atoms with E-state index in [1.807, 2.05) is 42.5 Å². The fraction of sp³-hybridized carbons (Fsp3) is 0.381. The summed E-state index contributed by atoms with van der Waals surface area (Å²) in [6, 6.07) is 17.9. The van der Waals surface area contributed by atoms with Gasteiger partial charge in [-0.05, 0) is 42.2 Å². The van der Waals surface area contributed by atoms with Gasteiger partial charge in [0.2, 0.25) is 5.91 Å². The van der Waals surface area contributed by atoms with Crippen molar-refractivity contribution < 1.29 is 9.53 Å². The van der Waals surface area contributed by atoms with Crippen molar-refractivity contribution in [1.29, 1.82) is 0 Å². The Morgan fingerprint density at radius 1 is 1.04 bits per heavy atom. The van der Waals surface area contributed by atoms with Crippen molar-refractivity contribution in [3.63, 3.8) is 0 Å². The van der Waals surface area contributed by atoms with E-state index in [4.69, 9.17) is 4.74 Å². The molecular weight excluding hydrogens is 312 g/mol. The molecule has 0 aliphatic carbocycles. The molecule has 0 saturated heterocycles. The molecule has 134 valence electrons. The van der Waals surface area contributed by atoms with Crippen LogP contribution in [0.3, 0.4) is 0 Å². The number of hydrogen-bond donors (Lipinski definition) is 2. The Morgan fingerprint density at radius 3 is 2.32 bits per heavy atom. The van der Waals surface area contributed by atoms with Crippen LogP contribution in [-0.2, 0) is 4.79 Å². The second-order valence-corrected chi connectivity index (χ2v) is 6.53. The van der Waals surface area contributed by atoms with Crippen molar-refractivity contribution in [3.05, 3.63) is 60.2 Å². The first-order valence-electron chi connectivity index (χ1n) is 8.89. The lowest BCUT2D eigenvalue weighted by Gasteiger charge is -2.17. The van der Waals surface area contributed by atoms with Gasteiger partial charge in [0.05, 0.1) is 13.2 Å². The molecule has 0 aliphatic heterocycles. The minimum atomic E-state index is -0.0507. The number of carbonyl (C=O) groups excluding carboxylic acids is 1. The van der Waals surface area contributed by atoms with E-state index in [1.54, 1.807) is 0 Å². The van der Waals surface area contributed by atoms with Gasteiger partial charge in [-0.25, -0.2) is 0 Å². The average Bonchev–Trinajstić information content (AvgIpc) is 2.62. The Morgan fingerprint density at radius 2 is 1.72 bits per heavy atom. The van der Waals surface area contributed by atoms with Crippen LogP contribution in [-0.4, -0.2) is 19.1 Å². The number of ether oxygens (including phenoxy) is 1. The van der Waals surface area contributed by atoms with Crippen LogP contribution < -0.4 is 15.4 Å². The summed E-state index contributed by atoms with van der Waals surface area (Å²) in [7, 11) is 0. The molecule has 0 saturated carbocycles. The fourth-order valence-corrected chi connectivity index (χ4v) is 2.50. The molecule has 1 amide bonds. The first-order chi connectivity index (χ1) is 12.1. The second-order valence-electron chi connectivity index (χ2n) is 6.53. The van der Waals surface area contributed by atoms with Crippen molar-refractivity contribution in [1.82, 2.24) is 5.32 Å². The highest BCUT2D eigenvalue weighted by molar-refractivity contribution is 5.92. The van der Waals surface area contributed by atoms with E-state index < -0.39 is 0 Å². The monoisotopic (exact) mass is 340 g/mol. The van der Waals surface area contributed by atoms with Crippen LogP contribution in [0.4, 0.5) is 5.69 Å². The molecule has 2 N–H and O–H groups in total. The van der Waals surface area contributed by atoms with Gasteiger partial charge in [-0.15, -0.1) is 0 Å². The smallest absolute Gasteiger partial charge is 0.238 e. The number of hydrogen-bond acceptors (Lipinski definition) is 3. The van der Waals surface area contributed by atoms with E-state index in [1.165, 1.54) is 5.56 Å². The van der Waals surface area contributed by atoms with Crippen molar-refractivity contribution in [2.24, 2.45) is 5.92 Å². The summed E-state index contributed by atoms with van der Waals surface area (Å²) >= 11 is 0. The maximum absolute atomic E-state index is 12.2. The molecule has 4 heteroatoms. The van der Waals surface area contributed by atoms with Crippen LogP contribution in [0.2, 0.25) is 0 Å². The summed E-state index contributed by atoms with van der Waals surface area (Å²) in [5, 5.41) is 6.22. The lowest BCUT2D eigenvalue weighted by Crippen LogP contribution is -2.31. The van der Waals surface area contributed by atoms with E-state index in [9.17, 15) is 4.79 Å². The molecule has 1 unspecified atom stereocenters. The Balaban J connectivity index is 1.81. The quantitative estimate of drug-likeness (QED) is 0.711. The third-order valence-corrected chi connectivity index (χ3v) is 3.84. The molecule has 4 nitrogen and oxygen atoms in total. The number of rotatable bonds is 9.